The molecule has 1 N–H and O–H groups in total. The van der Waals surface area contributed by atoms with Crippen LogP contribution in [-0.2, 0) is 9.84 Å². The fraction of sp³-hybridized carbons (Fsp3) is 1.00. The van der Waals surface area contributed by atoms with Gasteiger partial charge in [-0.2, -0.15) is 0 Å². The normalized spacial score (nSPS) is 36.0. The third-order valence-electron chi connectivity index (χ3n) is 5.27. The van der Waals surface area contributed by atoms with Crippen molar-refractivity contribution in [1.82, 2.24) is 10.2 Å². The highest BCUT2D eigenvalue weighted by molar-refractivity contribution is 7.91. The monoisotopic (exact) mass is 302 g/mol. The predicted molar refractivity (Wildman–Crippen MR) is 83.7 cm³/mol. The molecule has 0 aromatic heterocycles. The number of rotatable bonds is 4. The largest absolute Gasteiger partial charge is 0.314 e. The molecular weight excluding hydrogens is 272 g/mol. The topological polar surface area (TPSA) is 49.4 Å². The van der Waals surface area contributed by atoms with Crippen molar-refractivity contribution >= 4 is 9.84 Å². The van der Waals surface area contributed by atoms with E-state index < -0.39 is 9.84 Å². The number of hydrogen-bond acceptors (Lipinski definition) is 4. The molecule has 3 atom stereocenters. The van der Waals surface area contributed by atoms with Crippen molar-refractivity contribution < 1.29 is 8.42 Å². The molecule has 0 aromatic rings. The lowest BCUT2D eigenvalue weighted by Crippen LogP contribution is -2.57. The maximum Gasteiger partial charge on any atom is 0.150 e. The number of nitrogens with one attached hydrogen (secondary N) is 1. The molecular formula is C15H30N2O2S. The van der Waals surface area contributed by atoms with E-state index in [1.54, 1.807) is 0 Å². The Kier molecular flexibility index (Phi) is 5.49. The molecule has 0 radical (unpaired) electrons. The summed E-state index contributed by atoms with van der Waals surface area (Å²) in [5.41, 5.74) is 0. The Labute approximate surface area is 124 Å². The van der Waals surface area contributed by atoms with Crippen molar-refractivity contribution in [2.75, 3.05) is 24.6 Å². The van der Waals surface area contributed by atoms with Gasteiger partial charge in [0, 0.05) is 24.7 Å². The standard InChI is InChI=1S/C15H30N2O2S/c1-4-8-16-15-5-9-17(13(3)12(15)2)14-6-10-20(18,19)11-7-14/h12-16H,4-11H2,1-3H3. The van der Waals surface area contributed by atoms with E-state index >= 15 is 0 Å². The smallest absolute Gasteiger partial charge is 0.150 e. The third-order valence-corrected chi connectivity index (χ3v) is 6.98. The first-order valence-corrected chi connectivity index (χ1v) is 9.96. The first kappa shape index (κ1) is 16.2. The van der Waals surface area contributed by atoms with Crippen LogP contribution in [0, 0.1) is 5.92 Å². The minimum atomic E-state index is -2.75. The molecule has 2 aliphatic rings. The van der Waals surface area contributed by atoms with Gasteiger partial charge in [-0.25, -0.2) is 8.42 Å². The van der Waals surface area contributed by atoms with Crippen molar-refractivity contribution in [2.24, 2.45) is 5.92 Å². The number of nitrogens with zero attached hydrogens (tertiary/aromatic N) is 1. The van der Waals surface area contributed by atoms with Crippen molar-refractivity contribution in [3.8, 4) is 0 Å². The average molecular weight is 302 g/mol. The van der Waals surface area contributed by atoms with Gasteiger partial charge in [-0.05, 0) is 45.1 Å². The summed E-state index contributed by atoms with van der Waals surface area (Å²) >= 11 is 0. The highest BCUT2D eigenvalue weighted by Crippen LogP contribution is 2.29. The molecule has 5 heteroatoms. The zero-order valence-electron chi connectivity index (χ0n) is 13.1. The first-order chi connectivity index (χ1) is 9.44. The molecule has 0 aliphatic carbocycles. The number of sulfone groups is 1. The second-order valence-electron chi connectivity index (χ2n) is 6.57. The van der Waals surface area contributed by atoms with Crippen LogP contribution in [-0.4, -0.2) is 56.0 Å². The second-order valence-corrected chi connectivity index (χ2v) is 8.87. The summed E-state index contributed by atoms with van der Waals surface area (Å²) in [5.74, 6) is 1.40. The van der Waals surface area contributed by atoms with Crippen LogP contribution in [0.15, 0.2) is 0 Å². The molecule has 3 unspecified atom stereocenters. The van der Waals surface area contributed by atoms with Crippen LogP contribution in [0.5, 0.6) is 0 Å². The molecule has 0 spiro atoms. The predicted octanol–water partition coefficient (Wildman–Crippen LogP) is 1.66. The molecule has 2 saturated heterocycles. The lowest BCUT2D eigenvalue weighted by Gasteiger charge is -2.47. The van der Waals surface area contributed by atoms with Gasteiger partial charge < -0.3 is 5.32 Å². The third kappa shape index (κ3) is 3.74. The van der Waals surface area contributed by atoms with Gasteiger partial charge in [-0.1, -0.05) is 13.8 Å². The van der Waals surface area contributed by atoms with Crippen LogP contribution in [0.2, 0.25) is 0 Å². The van der Waals surface area contributed by atoms with E-state index in [0.717, 1.165) is 25.9 Å². The Morgan fingerprint density at radius 1 is 1.15 bits per heavy atom. The fourth-order valence-corrected chi connectivity index (χ4v) is 5.20. The summed E-state index contributed by atoms with van der Waals surface area (Å²) in [6, 6.07) is 1.64. The molecule has 2 heterocycles. The number of hydrogen-bond donors (Lipinski definition) is 1. The minimum Gasteiger partial charge on any atom is -0.314 e. The Balaban J connectivity index is 1.92. The number of likely N-dealkylation sites (tertiary alicyclic amines) is 1. The highest BCUT2D eigenvalue weighted by Gasteiger charge is 2.37. The Bertz CT molecular complexity index is 396. The quantitative estimate of drug-likeness (QED) is 0.858. The van der Waals surface area contributed by atoms with Crippen LogP contribution < -0.4 is 5.32 Å². The SMILES string of the molecule is CCCNC1CCN(C2CCS(=O)(=O)CC2)C(C)C1C. The molecule has 0 saturated carbocycles. The summed E-state index contributed by atoms with van der Waals surface area (Å²) in [6.07, 6.45) is 4.02. The first-order valence-electron chi connectivity index (χ1n) is 8.14. The van der Waals surface area contributed by atoms with Crippen LogP contribution in [0.1, 0.15) is 46.5 Å². The summed E-state index contributed by atoms with van der Waals surface area (Å²) < 4.78 is 23.1. The molecule has 0 bridgehead atoms. The van der Waals surface area contributed by atoms with E-state index in [4.69, 9.17) is 0 Å². The lowest BCUT2D eigenvalue weighted by atomic mass is 9.85. The summed E-state index contributed by atoms with van der Waals surface area (Å²) in [5, 5.41) is 3.67. The Hall–Kier alpha value is -0.130. The van der Waals surface area contributed by atoms with E-state index in [1.807, 2.05) is 0 Å². The van der Waals surface area contributed by atoms with E-state index in [2.05, 4.69) is 31.0 Å². The van der Waals surface area contributed by atoms with Crippen LogP contribution in [0.4, 0.5) is 0 Å². The molecule has 0 aromatic carbocycles. The number of piperidine rings is 1. The van der Waals surface area contributed by atoms with Gasteiger partial charge in [-0.3, -0.25) is 4.90 Å². The molecule has 0 amide bonds. The molecule has 2 rings (SSSR count). The maximum atomic E-state index is 11.6. The highest BCUT2D eigenvalue weighted by atomic mass is 32.2. The summed E-state index contributed by atoms with van der Waals surface area (Å²) in [6.45, 7) is 9.07. The molecule has 2 fully saturated rings. The van der Waals surface area contributed by atoms with Crippen LogP contribution >= 0.6 is 0 Å². The van der Waals surface area contributed by atoms with Crippen LogP contribution in [0.3, 0.4) is 0 Å². The van der Waals surface area contributed by atoms with Crippen molar-refractivity contribution in [3.63, 3.8) is 0 Å². The zero-order chi connectivity index (χ0) is 14.8. The Morgan fingerprint density at radius 3 is 2.40 bits per heavy atom. The van der Waals surface area contributed by atoms with Gasteiger partial charge in [0.1, 0.15) is 9.84 Å². The zero-order valence-corrected chi connectivity index (χ0v) is 14.0. The average Bonchev–Trinajstić information content (AvgIpc) is 2.41. The van der Waals surface area contributed by atoms with Gasteiger partial charge in [0.05, 0.1) is 11.5 Å². The maximum absolute atomic E-state index is 11.6. The molecule has 20 heavy (non-hydrogen) atoms. The molecule has 2 aliphatic heterocycles. The van der Waals surface area contributed by atoms with Gasteiger partial charge in [0.2, 0.25) is 0 Å². The Morgan fingerprint density at radius 2 is 1.80 bits per heavy atom. The van der Waals surface area contributed by atoms with Crippen LogP contribution in [0.25, 0.3) is 0 Å². The fourth-order valence-electron chi connectivity index (χ4n) is 3.73. The van der Waals surface area contributed by atoms with Gasteiger partial charge >= 0.3 is 0 Å². The van der Waals surface area contributed by atoms with Crippen molar-refractivity contribution in [3.05, 3.63) is 0 Å². The van der Waals surface area contributed by atoms with E-state index in [1.165, 1.54) is 12.8 Å². The molecule has 118 valence electrons. The minimum absolute atomic E-state index is 0.382. The van der Waals surface area contributed by atoms with Crippen molar-refractivity contribution in [1.29, 1.82) is 0 Å². The second kappa shape index (κ2) is 6.75. The van der Waals surface area contributed by atoms with Gasteiger partial charge in [0.15, 0.2) is 0 Å². The van der Waals surface area contributed by atoms with Crippen molar-refractivity contribution in [2.45, 2.75) is 64.6 Å². The van der Waals surface area contributed by atoms with Gasteiger partial charge in [-0.15, -0.1) is 0 Å². The van der Waals surface area contributed by atoms with E-state index in [9.17, 15) is 8.42 Å². The van der Waals surface area contributed by atoms with Gasteiger partial charge in [0.25, 0.3) is 0 Å². The summed E-state index contributed by atoms with van der Waals surface area (Å²) in [4.78, 5) is 2.57. The van der Waals surface area contributed by atoms with E-state index in [0.29, 0.717) is 35.5 Å². The lowest BCUT2D eigenvalue weighted by molar-refractivity contribution is 0.0427. The van der Waals surface area contributed by atoms with E-state index in [-0.39, 0.29) is 0 Å². The molecule has 4 nitrogen and oxygen atoms in total. The summed E-state index contributed by atoms with van der Waals surface area (Å²) in [7, 11) is -2.75.